The van der Waals surface area contributed by atoms with Crippen LogP contribution in [0.25, 0.3) is 0 Å². The van der Waals surface area contributed by atoms with Crippen LogP contribution in [0.2, 0.25) is 0 Å². The molecule has 0 aromatic heterocycles. The van der Waals surface area contributed by atoms with E-state index in [1.54, 1.807) is 0 Å². The third kappa shape index (κ3) is 4.23. The average Bonchev–Trinajstić information content (AvgIpc) is 2.12. The van der Waals surface area contributed by atoms with Crippen LogP contribution in [0, 0.1) is 0 Å². The molecule has 1 aliphatic rings. The van der Waals surface area contributed by atoms with Gasteiger partial charge in [0.25, 0.3) is 0 Å². The van der Waals surface area contributed by atoms with Gasteiger partial charge < -0.3 is 14.9 Å². The summed E-state index contributed by atoms with van der Waals surface area (Å²) in [7, 11) is 6.17. The fourth-order valence-corrected chi connectivity index (χ4v) is 2.94. The lowest BCUT2D eigenvalue weighted by molar-refractivity contribution is -0.140. The first-order valence-electron chi connectivity index (χ1n) is 6.54. The minimum absolute atomic E-state index is 0.0309. The molecular formula is C13H27N3O2. The van der Waals surface area contributed by atoms with Crippen molar-refractivity contribution in [2.24, 2.45) is 0 Å². The highest BCUT2D eigenvalue weighted by Crippen LogP contribution is 2.25. The Hall–Kier alpha value is -0.650. The molecule has 0 aromatic carbocycles. The molecule has 106 valence electrons. The van der Waals surface area contributed by atoms with Gasteiger partial charge in [-0.2, -0.15) is 0 Å². The third-order valence-corrected chi connectivity index (χ3v) is 3.60. The van der Waals surface area contributed by atoms with E-state index in [1.165, 1.54) is 0 Å². The molecule has 1 atom stereocenters. The zero-order valence-electron chi connectivity index (χ0n) is 12.3. The minimum Gasteiger partial charge on any atom is -0.481 e. The van der Waals surface area contributed by atoms with Crippen LogP contribution in [-0.4, -0.2) is 84.7 Å². The summed E-state index contributed by atoms with van der Waals surface area (Å²) in [4.78, 5) is 17.8. The second kappa shape index (κ2) is 5.99. The Morgan fingerprint density at radius 3 is 2.56 bits per heavy atom. The predicted octanol–water partition coefficient (Wildman–Crippen LogP) is 0.417. The summed E-state index contributed by atoms with van der Waals surface area (Å²) < 4.78 is 0. The third-order valence-electron chi connectivity index (χ3n) is 3.60. The molecule has 0 radical (unpaired) electrons. The molecule has 0 saturated carbocycles. The highest BCUT2D eigenvalue weighted by atomic mass is 16.4. The van der Waals surface area contributed by atoms with Gasteiger partial charge in [-0.3, -0.25) is 9.69 Å². The zero-order chi connectivity index (χ0) is 13.9. The van der Waals surface area contributed by atoms with Gasteiger partial charge in [-0.25, -0.2) is 0 Å². The summed E-state index contributed by atoms with van der Waals surface area (Å²) in [5.74, 6) is -0.707. The molecule has 5 heteroatoms. The molecule has 1 N–H and O–H groups in total. The summed E-state index contributed by atoms with van der Waals surface area (Å²) in [6.45, 7) is 8.11. The first kappa shape index (κ1) is 15.4. The molecule has 1 rings (SSSR count). The van der Waals surface area contributed by atoms with Crippen LogP contribution in [0.3, 0.4) is 0 Å². The Bertz CT molecular complexity index is 292. The predicted molar refractivity (Wildman–Crippen MR) is 72.9 cm³/mol. The van der Waals surface area contributed by atoms with Crippen molar-refractivity contribution >= 4 is 5.97 Å². The molecule has 0 spiro atoms. The zero-order valence-corrected chi connectivity index (χ0v) is 12.3. The number of hydrogen-bond acceptors (Lipinski definition) is 4. The van der Waals surface area contributed by atoms with Crippen molar-refractivity contribution in [3.8, 4) is 0 Å². The van der Waals surface area contributed by atoms with E-state index in [-0.39, 0.29) is 18.0 Å². The number of aliphatic carboxylic acids is 1. The van der Waals surface area contributed by atoms with Crippen LogP contribution in [0.15, 0.2) is 0 Å². The van der Waals surface area contributed by atoms with Crippen LogP contribution >= 0.6 is 0 Å². The van der Waals surface area contributed by atoms with Crippen LogP contribution in [-0.2, 0) is 4.79 Å². The Morgan fingerprint density at radius 2 is 2.06 bits per heavy atom. The molecule has 5 nitrogen and oxygen atoms in total. The number of carbonyl (C=O) groups is 1. The Labute approximate surface area is 110 Å². The SMILES string of the molecule is CN(C)CCN1C(CC(=O)O)CN(C)CC1(C)C. The highest BCUT2D eigenvalue weighted by molar-refractivity contribution is 5.67. The lowest BCUT2D eigenvalue weighted by Crippen LogP contribution is -2.64. The minimum atomic E-state index is -0.707. The standard InChI is InChI=1S/C13H27N3O2/c1-13(2)10-15(5)9-11(8-12(17)18)16(13)7-6-14(3)4/h11H,6-10H2,1-5H3,(H,17,18). The fraction of sp³-hybridized carbons (Fsp3) is 0.923. The number of nitrogens with zero attached hydrogens (tertiary/aromatic N) is 3. The van der Waals surface area contributed by atoms with E-state index in [4.69, 9.17) is 5.11 Å². The quantitative estimate of drug-likeness (QED) is 0.773. The summed E-state index contributed by atoms with van der Waals surface area (Å²) in [5.41, 5.74) is 0.0309. The second-order valence-electron chi connectivity index (χ2n) is 6.26. The number of likely N-dealkylation sites (N-methyl/N-ethyl adjacent to an activating group) is 2. The highest BCUT2D eigenvalue weighted by Gasteiger charge is 2.39. The number of rotatable bonds is 5. The molecule has 1 heterocycles. The van der Waals surface area contributed by atoms with E-state index < -0.39 is 5.97 Å². The molecule has 0 amide bonds. The van der Waals surface area contributed by atoms with Gasteiger partial charge in [0, 0.05) is 37.8 Å². The van der Waals surface area contributed by atoms with Gasteiger partial charge in [0.15, 0.2) is 0 Å². The molecule has 1 aliphatic heterocycles. The largest absolute Gasteiger partial charge is 0.481 e. The molecule has 0 aromatic rings. The molecule has 1 fully saturated rings. The maximum absolute atomic E-state index is 11.0. The molecular weight excluding hydrogens is 230 g/mol. The number of hydrogen-bond donors (Lipinski definition) is 1. The van der Waals surface area contributed by atoms with Crippen molar-refractivity contribution in [2.45, 2.75) is 31.8 Å². The van der Waals surface area contributed by atoms with E-state index in [9.17, 15) is 4.79 Å². The van der Waals surface area contributed by atoms with Crippen molar-refractivity contribution in [3.63, 3.8) is 0 Å². The van der Waals surface area contributed by atoms with Gasteiger partial charge in [-0.1, -0.05) is 0 Å². The molecule has 1 unspecified atom stereocenters. The van der Waals surface area contributed by atoms with Crippen LogP contribution in [0.5, 0.6) is 0 Å². The summed E-state index contributed by atoms with van der Waals surface area (Å²) >= 11 is 0. The summed E-state index contributed by atoms with van der Waals surface area (Å²) in [6.07, 6.45) is 0.223. The fourth-order valence-electron chi connectivity index (χ4n) is 2.94. The second-order valence-corrected chi connectivity index (χ2v) is 6.26. The van der Waals surface area contributed by atoms with E-state index >= 15 is 0 Å². The topological polar surface area (TPSA) is 47.0 Å². The molecule has 0 aliphatic carbocycles. The Kier molecular flexibility index (Phi) is 5.13. The van der Waals surface area contributed by atoms with Crippen LogP contribution in [0.1, 0.15) is 20.3 Å². The van der Waals surface area contributed by atoms with Crippen molar-refractivity contribution < 1.29 is 9.90 Å². The number of carboxylic acids is 1. The Balaban J connectivity index is 2.77. The number of carboxylic acid groups (broad SMARTS) is 1. The van der Waals surface area contributed by atoms with Crippen molar-refractivity contribution in [3.05, 3.63) is 0 Å². The summed E-state index contributed by atoms with van der Waals surface area (Å²) in [5, 5.41) is 9.06. The molecule has 18 heavy (non-hydrogen) atoms. The Morgan fingerprint density at radius 1 is 1.44 bits per heavy atom. The van der Waals surface area contributed by atoms with E-state index in [0.717, 1.165) is 26.2 Å². The van der Waals surface area contributed by atoms with E-state index in [2.05, 4.69) is 49.7 Å². The summed E-state index contributed by atoms with van der Waals surface area (Å²) in [6, 6.07) is 0.108. The smallest absolute Gasteiger partial charge is 0.304 e. The van der Waals surface area contributed by atoms with Crippen molar-refractivity contribution in [1.29, 1.82) is 0 Å². The van der Waals surface area contributed by atoms with Crippen molar-refractivity contribution in [1.82, 2.24) is 14.7 Å². The van der Waals surface area contributed by atoms with Crippen LogP contribution in [0.4, 0.5) is 0 Å². The first-order chi connectivity index (χ1) is 8.22. The molecule has 0 bridgehead atoms. The van der Waals surface area contributed by atoms with Gasteiger partial charge in [0.05, 0.1) is 6.42 Å². The van der Waals surface area contributed by atoms with E-state index in [1.807, 2.05) is 0 Å². The van der Waals surface area contributed by atoms with Gasteiger partial charge in [-0.15, -0.1) is 0 Å². The number of piperazine rings is 1. The monoisotopic (exact) mass is 257 g/mol. The molecule has 1 saturated heterocycles. The van der Waals surface area contributed by atoms with E-state index in [0.29, 0.717) is 0 Å². The normalized spacial score (nSPS) is 25.6. The lowest BCUT2D eigenvalue weighted by atomic mass is 9.93. The van der Waals surface area contributed by atoms with Gasteiger partial charge >= 0.3 is 5.97 Å². The van der Waals surface area contributed by atoms with Crippen LogP contribution < -0.4 is 0 Å². The first-order valence-corrected chi connectivity index (χ1v) is 6.54. The van der Waals surface area contributed by atoms with Gasteiger partial charge in [-0.05, 0) is 35.0 Å². The van der Waals surface area contributed by atoms with Gasteiger partial charge in [0.1, 0.15) is 0 Å². The van der Waals surface area contributed by atoms with Crippen molar-refractivity contribution in [2.75, 3.05) is 47.3 Å². The maximum atomic E-state index is 11.0. The lowest BCUT2D eigenvalue weighted by Gasteiger charge is -2.51. The maximum Gasteiger partial charge on any atom is 0.304 e. The average molecular weight is 257 g/mol. The van der Waals surface area contributed by atoms with Gasteiger partial charge in [0.2, 0.25) is 0 Å².